The number of carbonyl (C=O) groups is 2. The second kappa shape index (κ2) is 8.67. The van der Waals surface area contributed by atoms with E-state index in [0.29, 0.717) is 29.1 Å². The van der Waals surface area contributed by atoms with Gasteiger partial charge in [-0.3, -0.25) is 9.59 Å². The molecule has 0 spiro atoms. The van der Waals surface area contributed by atoms with Gasteiger partial charge in [-0.1, -0.05) is 48.5 Å². The number of para-hydroxylation sites is 1. The third kappa shape index (κ3) is 4.73. The van der Waals surface area contributed by atoms with Crippen molar-refractivity contribution in [3.05, 3.63) is 95.6 Å². The molecule has 0 aliphatic heterocycles. The maximum absolute atomic E-state index is 12.6. The molecule has 3 aromatic rings. The van der Waals surface area contributed by atoms with Crippen molar-refractivity contribution in [2.75, 3.05) is 12.4 Å². The van der Waals surface area contributed by atoms with Crippen LogP contribution in [0.4, 0.5) is 5.69 Å². The van der Waals surface area contributed by atoms with Gasteiger partial charge in [0.15, 0.2) is 0 Å². The summed E-state index contributed by atoms with van der Waals surface area (Å²) in [5.41, 5.74) is 2.32. The van der Waals surface area contributed by atoms with Gasteiger partial charge in [0.2, 0.25) is 0 Å². The quantitative estimate of drug-likeness (QED) is 0.701. The molecule has 5 heteroatoms. The number of carbonyl (C=O) groups excluding carboxylic acids is 2. The summed E-state index contributed by atoms with van der Waals surface area (Å²) in [7, 11) is 1.55. The molecular formula is C22H20N2O3. The zero-order valence-corrected chi connectivity index (χ0v) is 14.9. The Morgan fingerprint density at radius 2 is 1.59 bits per heavy atom. The fraction of sp³-hybridized carbons (Fsp3) is 0.0909. The van der Waals surface area contributed by atoms with E-state index in [-0.39, 0.29) is 11.8 Å². The molecule has 0 unspecified atom stereocenters. The summed E-state index contributed by atoms with van der Waals surface area (Å²) < 4.78 is 5.15. The molecular weight excluding hydrogens is 340 g/mol. The first-order chi connectivity index (χ1) is 13.2. The molecule has 0 saturated carbocycles. The van der Waals surface area contributed by atoms with Crippen LogP contribution < -0.4 is 15.4 Å². The van der Waals surface area contributed by atoms with E-state index in [2.05, 4.69) is 10.6 Å². The lowest BCUT2D eigenvalue weighted by atomic mass is 10.1. The number of rotatable bonds is 6. The number of ether oxygens (including phenoxy) is 1. The summed E-state index contributed by atoms with van der Waals surface area (Å²) >= 11 is 0. The number of hydrogen-bond donors (Lipinski definition) is 2. The Kier molecular flexibility index (Phi) is 5.84. The number of anilines is 1. The summed E-state index contributed by atoms with van der Waals surface area (Å²) in [6.07, 6.45) is 0. The van der Waals surface area contributed by atoms with E-state index in [4.69, 9.17) is 4.74 Å². The summed E-state index contributed by atoms with van der Waals surface area (Å²) in [4.78, 5) is 25.1. The Labute approximate surface area is 158 Å². The van der Waals surface area contributed by atoms with Crippen molar-refractivity contribution in [1.29, 1.82) is 0 Å². The van der Waals surface area contributed by atoms with Crippen LogP contribution in [0.3, 0.4) is 0 Å². The maximum atomic E-state index is 12.6. The van der Waals surface area contributed by atoms with Crippen LogP contribution in [-0.2, 0) is 6.54 Å². The van der Waals surface area contributed by atoms with E-state index in [9.17, 15) is 9.59 Å². The molecule has 0 aromatic heterocycles. The molecule has 0 saturated heterocycles. The topological polar surface area (TPSA) is 67.4 Å². The number of benzene rings is 3. The highest BCUT2D eigenvalue weighted by Crippen LogP contribution is 2.18. The number of nitrogens with one attached hydrogen (secondary N) is 2. The molecule has 2 N–H and O–H groups in total. The third-order valence-corrected chi connectivity index (χ3v) is 4.05. The summed E-state index contributed by atoms with van der Waals surface area (Å²) in [6, 6.07) is 23.4. The van der Waals surface area contributed by atoms with Crippen LogP contribution in [0.15, 0.2) is 78.9 Å². The average Bonchev–Trinajstić information content (AvgIpc) is 2.73. The predicted molar refractivity (Wildman–Crippen MR) is 105 cm³/mol. The second-order valence-corrected chi connectivity index (χ2v) is 5.90. The SMILES string of the molecule is COc1cccc(C(=O)Nc2ccccc2C(=O)NCc2ccccc2)c1. The van der Waals surface area contributed by atoms with E-state index < -0.39 is 0 Å². The largest absolute Gasteiger partial charge is 0.497 e. The number of methoxy groups -OCH3 is 1. The Morgan fingerprint density at radius 1 is 0.852 bits per heavy atom. The molecule has 0 radical (unpaired) electrons. The minimum atomic E-state index is -0.308. The molecule has 0 aliphatic rings. The van der Waals surface area contributed by atoms with Crippen LogP contribution in [0.1, 0.15) is 26.3 Å². The standard InChI is InChI=1S/C22H20N2O3/c1-27-18-11-7-10-17(14-18)21(25)24-20-13-6-5-12-19(20)22(26)23-15-16-8-3-2-4-9-16/h2-14H,15H2,1H3,(H,23,26)(H,24,25). The molecule has 0 atom stereocenters. The summed E-state index contributed by atoms with van der Waals surface area (Å²) in [5, 5.41) is 5.68. The molecule has 136 valence electrons. The van der Waals surface area contributed by atoms with Gasteiger partial charge in [-0.05, 0) is 35.9 Å². The Hall–Kier alpha value is -3.60. The van der Waals surface area contributed by atoms with E-state index in [1.807, 2.05) is 30.3 Å². The van der Waals surface area contributed by atoms with Gasteiger partial charge in [-0.15, -0.1) is 0 Å². The molecule has 3 aromatic carbocycles. The average molecular weight is 360 g/mol. The second-order valence-electron chi connectivity index (χ2n) is 5.90. The van der Waals surface area contributed by atoms with Crippen LogP contribution in [0.5, 0.6) is 5.75 Å². The molecule has 27 heavy (non-hydrogen) atoms. The smallest absolute Gasteiger partial charge is 0.255 e. The van der Waals surface area contributed by atoms with Crippen molar-refractivity contribution in [1.82, 2.24) is 5.32 Å². The normalized spacial score (nSPS) is 10.1. The highest BCUT2D eigenvalue weighted by atomic mass is 16.5. The zero-order chi connectivity index (χ0) is 19.1. The number of amides is 2. The van der Waals surface area contributed by atoms with Crippen LogP contribution in [0.2, 0.25) is 0 Å². The summed E-state index contributed by atoms with van der Waals surface area (Å²) in [6.45, 7) is 0.415. The highest BCUT2D eigenvalue weighted by Gasteiger charge is 2.14. The van der Waals surface area contributed by atoms with Gasteiger partial charge in [-0.25, -0.2) is 0 Å². The van der Waals surface area contributed by atoms with Gasteiger partial charge >= 0.3 is 0 Å². The fourth-order valence-corrected chi connectivity index (χ4v) is 2.62. The monoisotopic (exact) mass is 360 g/mol. The molecule has 0 heterocycles. The van der Waals surface area contributed by atoms with Gasteiger partial charge in [0.1, 0.15) is 5.75 Å². The Morgan fingerprint density at radius 3 is 2.37 bits per heavy atom. The first kappa shape index (κ1) is 18.2. The van der Waals surface area contributed by atoms with E-state index in [1.165, 1.54) is 0 Å². The van der Waals surface area contributed by atoms with Gasteiger partial charge in [0.05, 0.1) is 18.4 Å². The van der Waals surface area contributed by atoms with Gasteiger partial charge < -0.3 is 15.4 Å². The third-order valence-electron chi connectivity index (χ3n) is 4.05. The highest BCUT2D eigenvalue weighted by molar-refractivity contribution is 6.09. The van der Waals surface area contributed by atoms with Crippen molar-refractivity contribution in [2.24, 2.45) is 0 Å². The zero-order valence-electron chi connectivity index (χ0n) is 14.9. The molecule has 0 aliphatic carbocycles. The van der Waals surface area contributed by atoms with Gasteiger partial charge in [0, 0.05) is 12.1 Å². The van der Waals surface area contributed by atoms with E-state index >= 15 is 0 Å². The fourth-order valence-electron chi connectivity index (χ4n) is 2.62. The van der Waals surface area contributed by atoms with E-state index in [1.54, 1.807) is 55.6 Å². The number of hydrogen-bond acceptors (Lipinski definition) is 3. The van der Waals surface area contributed by atoms with Crippen molar-refractivity contribution in [3.63, 3.8) is 0 Å². The van der Waals surface area contributed by atoms with Gasteiger partial charge in [-0.2, -0.15) is 0 Å². The first-order valence-electron chi connectivity index (χ1n) is 8.54. The van der Waals surface area contributed by atoms with Crippen LogP contribution >= 0.6 is 0 Å². The lowest BCUT2D eigenvalue weighted by Crippen LogP contribution is -2.24. The summed E-state index contributed by atoms with van der Waals surface area (Å²) in [5.74, 6) is 0.0362. The minimum Gasteiger partial charge on any atom is -0.497 e. The molecule has 2 amide bonds. The van der Waals surface area contributed by atoms with Crippen molar-refractivity contribution < 1.29 is 14.3 Å². The lowest BCUT2D eigenvalue weighted by molar-refractivity contribution is 0.0952. The van der Waals surface area contributed by atoms with Crippen molar-refractivity contribution >= 4 is 17.5 Å². The Bertz CT molecular complexity index is 939. The van der Waals surface area contributed by atoms with Crippen LogP contribution in [0, 0.1) is 0 Å². The Balaban J connectivity index is 1.73. The van der Waals surface area contributed by atoms with E-state index in [0.717, 1.165) is 5.56 Å². The van der Waals surface area contributed by atoms with Crippen LogP contribution in [0.25, 0.3) is 0 Å². The predicted octanol–water partition coefficient (Wildman–Crippen LogP) is 3.88. The molecule has 3 rings (SSSR count). The van der Waals surface area contributed by atoms with Crippen molar-refractivity contribution in [3.8, 4) is 5.75 Å². The molecule has 0 fully saturated rings. The van der Waals surface area contributed by atoms with Crippen molar-refractivity contribution in [2.45, 2.75) is 6.54 Å². The maximum Gasteiger partial charge on any atom is 0.255 e. The first-order valence-corrected chi connectivity index (χ1v) is 8.54. The van der Waals surface area contributed by atoms with Crippen LogP contribution in [-0.4, -0.2) is 18.9 Å². The minimum absolute atomic E-state index is 0.250. The lowest BCUT2D eigenvalue weighted by Gasteiger charge is -2.12. The molecule has 0 bridgehead atoms. The molecule has 5 nitrogen and oxygen atoms in total. The van der Waals surface area contributed by atoms with Gasteiger partial charge in [0.25, 0.3) is 11.8 Å².